The topological polar surface area (TPSA) is 76.2 Å². The van der Waals surface area contributed by atoms with Gasteiger partial charge in [0.25, 0.3) is 5.91 Å². The highest BCUT2D eigenvalue weighted by Crippen LogP contribution is 2.38. The second-order valence-corrected chi connectivity index (χ2v) is 9.36. The first kappa shape index (κ1) is 24.1. The van der Waals surface area contributed by atoms with E-state index in [1.807, 2.05) is 0 Å². The molecule has 9 heteroatoms. The van der Waals surface area contributed by atoms with E-state index in [2.05, 4.69) is 41.1 Å². The molecule has 1 aromatic heterocycles. The summed E-state index contributed by atoms with van der Waals surface area (Å²) >= 11 is 1.77. The molecule has 0 spiro atoms. The molecule has 4 rings (SSSR count). The lowest BCUT2D eigenvalue weighted by Crippen LogP contribution is -2.48. The Morgan fingerprint density at radius 3 is 2.32 bits per heavy atom. The molecule has 2 aromatic carbocycles. The summed E-state index contributed by atoms with van der Waals surface area (Å²) in [5, 5.41) is 4.10. The van der Waals surface area contributed by atoms with Crippen LogP contribution in [-0.2, 0) is 0 Å². The van der Waals surface area contributed by atoms with Crippen LogP contribution in [0.4, 0.5) is 5.13 Å². The molecule has 0 bridgehead atoms. The van der Waals surface area contributed by atoms with Gasteiger partial charge in [-0.3, -0.25) is 9.69 Å². The van der Waals surface area contributed by atoms with E-state index in [0.717, 1.165) is 43.4 Å². The first-order chi connectivity index (χ1) is 16.4. The molecule has 1 fully saturated rings. The van der Waals surface area contributed by atoms with E-state index in [4.69, 9.17) is 19.2 Å². The van der Waals surface area contributed by atoms with Crippen LogP contribution >= 0.6 is 11.3 Å². The van der Waals surface area contributed by atoms with E-state index in [9.17, 15) is 4.79 Å². The maximum Gasteiger partial charge on any atom is 0.251 e. The minimum absolute atomic E-state index is 0.168. The van der Waals surface area contributed by atoms with Crippen molar-refractivity contribution in [3.8, 4) is 17.2 Å². The van der Waals surface area contributed by atoms with Crippen molar-refractivity contribution in [2.75, 3.05) is 65.5 Å². The van der Waals surface area contributed by atoms with Crippen LogP contribution in [0.3, 0.4) is 0 Å². The van der Waals surface area contributed by atoms with E-state index < -0.39 is 0 Å². The van der Waals surface area contributed by atoms with Crippen LogP contribution in [0.1, 0.15) is 21.5 Å². The molecule has 1 aliphatic rings. The van der Waals surface area contributed by atoms with E-state index >= 15 is 0 Å². The summed E-state index contributed by atoms with van der Waals surface area (Å²) < 4.78 is 17.3. The van der Waals surface area contributed by atoms with E-state index in [-0.39, 0.29) is 5.91 Å². The lowest BCUT2D eigenvalue weighted by molar-refractivity contribution is 0.0947. The summed E-state index contributed by atoms with van der Waals surface area (Å²) in [6, 6.07) is 7.67. The Labute approximate surface area is 204 Å². The zero-order chi connectivity index (χ0) is 24.2. The Morgan fingerprint density at radius 2 is 1.71 bits per heavy atom. The molecule has 0 aliphatic carbocycles. The molecule has 2 heterocycles. The van der Waals surface area contributed by atoms with Crippen molar-refractivity contribution in [3.05, 3.63) is 41.0 Å². The van der Waals surface area contributed by atoms with Crippen LogP contribution in [0, 0.1) is 13.8 Å². The van der Waals surface area contributed by atoms with Gasteiger partial charge in [0.05, 0.1) is 31.5 Å². The Bertz CT molecular complexity index is 1150. The van der Waals surface area contributed by atoms with Crippen LogP contribution < -0.4 is 24.4 Å². The molecule has 8 nitrogen and oxygen atoms in total. The van der Waals surface area contributed by atoms with Crippen molar-refractivity contribution >= 4 is 32.6 Å². The normalized spacial score (nSPS) is 14.3. The number of ether oxygens (including phenoxy) is 3. The molecule has 1 saturated heterocycles. The maximum absolute atomic E-state index is 12.7. The first-order valence-corrected chi connectivity index (χ1v) is 12.2. The highest BCUT2D eigenvalue weighted by molar-refractivity contribution is 7.22. The number of thiazole rings is 1. The molecule has 34 heavy (non-hydrogen) atoms. The minimum Gasteiger partial charge on any atom is -0.493 e. The molecule has 0 saturated carbocycles. The summed E-state index contributed by atoms with van der Waals surface area (Å²) in [6.07, 6.45) is 0. The number of nitrogens with one attached hydrogen (secondary N) is 1. The summed E-state index contributed by atoms with van der Waals surface area (Å²) in [5.41, 5.74) is 4.14. The number of carbonyl (C=O) groups excluding carboxylic acids is 1. The van der Waals surface area contributed by atoms with E-state index in [1.54, 1.807) is 30.6 Å². The molecule has 0 unspecified atom stereocenters. The predicted molar refractivity (Wildman–Crippen MR) is 136 cm³/mol. The zero-order valence-corrected chi connectivity index (χ0v) is 21.3. The van der Waals surface area contributed by atoms with Crippen molar-refractivity contribution in [1.82, 2.24) is 15.2 Å². The van der Waals surface area contributed by atoms with Crippen LogP contribution in [0.15, 0.2) is 24.3 Å². The maximum atomic E-state index is 12.7. The van der Waals surface area contributed by atoms with Gasteiger partial charge in [0.15, 0.2) is 16.6 Å². The lowest BCUT2D eigenvalue weighted by atomic mass is 10.1. The smallest absolute Gasteiger partial charge is 0.251 e. The Kier molecular flexibility index (Phi) is 7.43. The lowest BCUT2D eigenvalue weighted by Gasteiger charge is -2.34. The molecule has 1 aliphatic heterocycles. The fraction of sp³-hybridized carbons (Fsp3) is 0.440. The summed E-state index contributed by atoms with van der Waals surface area (Å²) in [5.74, 6) is 1.22. The number of methoxy groups -OCH3 is 3. The van der Waals surface area contributed by atoms with E-state index in [1.165, 1.54) is 30.0 Å². The fourth-order valence-electron chi connectivity index (χ4n) is 4.15. The van der Waals surface area contributed by atoms with Gasteiger partial charge in [0.2, 0.25) is 5.75 Å². The monoisotopic (exact) mass is 484 g/mol. The third-order valence-corrected chi connectivity index (χ3v) is 7.44. The number of anilines is 1. The number of aromatic nitrogens is 1. The molecular formula is C25H32N4O4S. The van der Waals surface area contributed by atoms with Crippen molar-refractivity contribution < 1.29 is 19.0 Å². The van der Waals surface area contributed by atoms with Crippen LogP contribution in [0.25, 0.3) is 10.2 Å². The highest BCUT2D eigenvalue weighted by atomic mass is 32.1. The van der Waals surface area contributed by atoms with Crippen molar-refractivity contribution in [2.45, 2.75) is 13.8 Å². The third kappa shape index (κ3) is 4.90. The van der Waals surface area contributed by atoms with Gasteiger partial charge in [0.1, 0.15) is 0 Å². The standard InChI is InChI=1S/C25H32N4O4S/c1-16-6-7-21-22(17(16)2)27-25(34-21)29-12-10-28(11-13-29)9-8-26-24(30)18-14-19(31-3)23(33-5)20(15-18)32-4/h6-7,14-15H,8-13H2,1-5H3,(H,26,30). The predicted octanol–water partition coefficient (Wildman–Crippen LogP) is 3.49. The van der Waals surface area contributed by atoms with Gasteiger partial charge < -0.3 is 24.4 Å². The molecule has 0 atom stereocenters. The number of fused-ring (bicyclic) bond motifs is 1. The molecule has 3 aromatic rings. The second-order valence-electron chi connectivity index (χ2n) is 8.35. The Hall–Kier alpha value is -3.04. The van der Waals surface area contributed by atoms with Crippen molar-refractivity contribution in [2.24, 2.45) is 0 Å². The van der Waals surface area contributed by atoms with Crippen LogP contribution in [-0.4, -0.2) is 76.4 Å². The van der Waals surface area contributed by atoms with Gasteiger partial charge in [-0.1, -0.05) is 17.4 Å². The number of hydrogen-bond donors (Lipinski definition) is 1. The summed E-state index contributed by atoms with van der Waals surface area (Å²) in [6.45, 7) is 9.37. The van der Waals surface area contributed by atoms with Crippen molar-refractivity contribution in [1.29, 1.82) is 0 Å². The molecule has 0 radical (unpaired) electrons. The Balaban J connectivity index is 1.29. The number of piperazine rings is 1. The molecular weight excluding hydrogens is 452 g/mol. The third-order valence-electron chi connectivity index (χ3n) is 6.36. The average molecular weight is 485 g/mol. The molecule has 182 valence electrons. The SMILES string of the molecule is COc1cc(C(=O)NCCN2CCN(c3nc4c(C)c(C)ccc4s3)CC2)cc(OC)c1OC. The van der Waals surface area contributed by atoms with Crippen LogP contribution in [0.5, 0.6) is 17.2 Å². The van der Waals surface area contributed by atoms with Crippen LogP contribution in [0.2, 0.25) is 0 Å². The largest absolute Gasteiger partial charge is 0.493 e. The highest BCUT2D eigenvalue weighted by Gasteiger charge is 2.21. The zero-order valence-electron chi connectivity index (χ0n) is 20.4. The van der Waals surface area contributed by atoms with E-state index in [0.29, 0.717) is 29.4 Å². The molecule has 1 N–H and O–H groups in total. The van der Waals surface area contributed by atoms with Gasteiger partial charge in [-0.2, -0.15) is 0 Å². The van der Waals surface area contributed by atoms with Gasteiger partial charge in [-0.25, -0.2) is 4.98 Å². The summed E-state index contributed by atoms with van der Waals surface area (Å²) in [7, 11) is 4.61. The Morgan fingerprint density at radius 1 is 1.03 bits per heavy atom. The van der Waals surface area contributed by atoms with Gasteiger partial charge in [-0.15, -0.1) is 0 Å². The summed E-state index contributed by atoms with van der Waals surface area (Å²) in [4.78, 5) is 22.4. The second kappa shape index (κ2) is 10.5. The number of hydrogen-bond acceptors (Lipinski definition) is 8. The minimum atomic E-state index is -0.168. The van der Waals surface area contributed by atoms with Gasteiger partial charge in [-0.05, 0) is 43.2 Å². The fourth-order valence-corrected chi connectivity index (χ4v) is 5.23. The number of nitrogens with zero attached hydrogens (tertiary/aromatic N) is 3. The number of amides is 1. The van der Waals surface area contributed by atoms with Crippen molar-refractivity contribution in [3.63, 3.8) is 0 Å². The van der Waals surface area contributed by atoms with Gasteiger partial charge >= 0.3 is 0 Å². The molecule has 1 amide bonds. The number of carbonyl (C=O) groups is 1. The first-order valence-electron chi connectivity index (χ1n) is 11.4. The number of aryl methyl sites for hydroxylation is 2. The quantitative estimate of drug-likeness (QED) is 0.525. The average Bonchev–Trinajstić information content (AvgIpc) is 3.30. The number of benzene rings is 2. The number of rotatable bonds is 8. The van der Waals surface area contributed by atoms with Gasteiger partial charge in [0, 0.05) is 44.8 Å².